The summed E-state index contributed by atoms with van der Waals surface area (Å²) >= 11 is 0. The molecule has 0 spiro atoms. The highest BCUT2D eigenvalue weighted by molar-refractivity contribution is 5.27. The van der Waals surface area contributed by atoms with Crippen LogP contribution >= 0.6 is 0 Å². The van der Waals surface area contributed by atoms with Crippen LogP contribution in [0.2, 0.25) is 0 Å². The van der Waals surface area contributed by atoms with Crippen LogP contribution in [0.15, 0.2) is 24.3 Å². The lowest BCUT2D eigenvalue weighted by Gasteiger charge is -2.19. The van der Waals surface area contributed by atoms with Crippen LogP contribution < -0.4 is 0 Å². The maximum atomic E-state index is 2.31. The molecule has 0 heterocycles. The Morgan fingerprint density at radius 3 is 1.89 bits per heavy atom. The Balaban J connectivity index is 2.27. The van der Waals surface area contributed by atoms with E-state index in [4.69, 9.17) is 0 Å². The molecule has 1 aromatic carbocycles. The fourth-order valence-corrected chi connectivity index (χ4v) is 2.28. The molecule has 0 nitrogen and oxygen atoms in total. The van der Waals surface area contributed by atoms with Gasteiger partial charge in [0.25, 0.3) is 0 Å². The number of unbranched alkanes of at least 4 members (excludes halogenated alkanes) is 5. The molecule has 0 aliphatic rings. The number of aryl methyl sites for hydroxylation is 1. The molecule has 0 heteroatoms. The first-order valence-electron chi connectivity index (χ1n) is 7.63. The van der Waals surface area contributed by atoms with Gasteiger partial charge in [-0.15, -0.1) is 0 Å². The molecule has 18 heavy (non-hydrogen) atoms. The summed E-state index contributed by atoms with van der Waals surface area (Å²) in [6.45, 7) is 9.10. The van der Waals surface area contributed by atoms with Crippen molar-refractivity contribution in [1.29, 1.82) is 0 Å². The van der Waals surface area contributed by atoms with Crippen molar-refractivity contribution in [2.24, 2.45) is 0 Å². The third kappa shape index (κ3) is 5.71. The maximum absolute atomic E-state index is 2.31. The number of rotatable bonds is 7. The predicted octanol–water partition coefficient (Wildman–Crippen LogP) is 5.89. The van der Waals surface area contributed by atoms with Gasteiger partial charge in [0.05, 0.1) is 0 Å². The zero-order chi connectivity index (χ0) is 13.4. The van der Waals surface area contributed by atoms with Crippen molar-refractivity contribution in [2.75, 3.05) is 0 Å². The van der Waals surface area contributed by atoms with E-state index < -0.39 is 0 Å². The summed E-state index contributed by atoms with van der Waals surface area (Å²) in [5, 5.41) is 0. The van der Waals surface area contributed by atoms with E-state index in [-0.39, 0.29) is 5.41 Å². The zero-order valence-corrected chi connectivity index (χ0v) is 12.8. The summed E-state index contributed by atoms with van der Waals surface area (Å²) in [5.74, 6) is 0. The van der Waals surface area contributed by atoms with Crippen molar-refractivity contribution in [3.05, 3.63) is 35.4 Å². The second-order valence-electron chi connectivity index (χ2n) is 6.46. The first kappa shape index (κ1) is 15.3. The summed E-state index contributed by atoms with van der Waals surface area (Å²) in [7, 11) is 0. The van der Waals surface area contributed by atoms with E-state index in [2.05, 4.69) is 52.0 Å². The Kier molecular flexibility index (Phi) is 6.46. The number of hydrogen-bond acceptors (Lipinski definition) is 0. The molecule has 0 aliphatic heterocycles. The Morgan fingerprint density at radius 1 is 0.778 bits per heavy atom. The van der Waals surface area contributed by atoms with Crippen molar-refractivity contribution in [2.45, 2.75) is 78.1 Å². The van der Waals surface area contributed by atoms with Crippen LogP contribution in [-0.4, -0.2) is 0 Å². The molecule has 0 aliphatic carbocycles. The molecule has 0 N–H and O–H groups in total. The van der Waals surface area contributed by atoms with E-state index in [1.165, 1.54) is 56.1 Å². The SMILES string of the molecule is CCCCCCCCc1ccc(C(C)(C)C)cc1. The highest BCUT2D eigenvalue weighted by Gasteiger charge is 2.12. The Bertz CT molecular complexity index is 313. The monoisotopic (exact) mass is 246 g/mol. The van der Waals surface area contributed by atoms with Crippen LogP contribution in [0.4, 0.5) is 0 Å². The molecular weight excluding hydrogens is 216 g/mol. The van der Waals surface area contributed by atoms with Crippen molar-refractivity contribution in [3.8, 4) is 0 Å². The molecule has 0 saturated carbocycles. The molecule has 0 bridgehead atoms. The van der Waals surface area contributed by atoms with Gasteiger partial charge in [0.15, 0.2) is 0 Å². The highest BCUT2D eigenvalue weighted by Crippen LogP contribution is 2.22. The van der Waals surface area contributed by atoms with Crippen molar-refractivity contribution in [1.82, 2.24) is 0 Å². The van der Waals surface area contributed by atoms with Crippen LogP contribution in [0.1, 0.15) is 77.3 Å². The smallest absolute Gasteiger partial charge is 0.0132 e. The van der Waals surface area contributed by atoms with Crippen molar-refractivity contribution in [3.63, 3.8) is 0 Å². The third-order valence-corrected chi connectivity index (χ3v) is 3.64. The minimum absolute atomic E-state index is 0.276. The molecule has 0 fully saturated rings. The van der Waals surface area contributed by atoms with Crippen LogP contribution in [0.5, 0.6) is 0 Å². The van der Waals surface area contributed by atoms with E-state index in [1.807, 2.05) is 0 Å². The fraction of sp³-hybridized carbons (Fsp3) is 0.667. The highest BCUT2D eigenvalue weighted by atomic mass is 14.2. The van der Waals surface area contributed by atoms with E-state index in [1.54, 1.807) is 0 Å². The van der Waals surface area contributed by atoms with Crippen LogP contribution in [0.25, 0.3) is 0 Å². The third-order valence-electron chi connectivity index (χ3n) is 3.64. The van der Waals surface area contributed by atoms with Gasteiger partial charge in [-0.1, -0.05) is 84.1 Å². The molecule has 0 saturated heterocycles. The van der Waals surface area contributed by atoms with Crippen molar-refractivity contribution >= 4 is 0 Å². The van der Waals surface area contributed by atoms with Gasteiger partial charge in [-0.25, -0.2) is 0 Å². The van der Waals surface area contributed by atoms with Gasteiger partial charge in [-0.05, 0) is 29.4 Å². The molecular formula is C18H30. The van der Waals surface area contributed by atoms with Gasteiger partial charge in [-0.3, -0.25) is 0 Å². The van der Waals surface area contributed by atoms with Crippen LogP contribution in [0.3, 0.4) is 0 Å². The quantitative estimate of drug-likeness (QED) is 0.526. The van der Waals surface area contributed by atoms with E-state index in [0.717, 1.165) is 0 Å². The van der Waals surface area contributed by atoms with Gasteiger partial charge >= 0.3 is 0 Å². The molecule has 1 rings (SSSR count). The standard InChI is InChI=1S/C18H30/c1-5-6-7-8-9-10-11-16-12-14-17(15-13-16)18(2,3)4/h12-15H,5-11H2,1-4H3. The molecule has 1 aromatic rings. The predicted molar refractivity (Wildman–Crippen MR) is 82.2 cm³/mol. The summed E-state index contributed by atoms with van der Waals surface area (Å²) in [6.07, 6.45) is 9.55. The molecule has 0 unspecified atom stereocenters. The van der Waals surface area contributed by atoms with E-state index in [0.29, 0.717) is 0 Å². The summed E-state index contributed by atoms with van der Waals surface area (Å²) in [6, 6.07) is 9.22. The van der Waals surface area contributed by atoms with Crippen LogP contribution in [0, 0.1) is 0 Å². The number of benzene rings is 1. The molecule has 102 valence electrons. The molecule has 0 amide bonds. The zero-order valence-electron chi connectivity index (χ0n) is 12.8. The topological polar surface area (TPSA) is 0 Å². The average molecular weight is 246 g/mol. The largest absolute Gasteiger partial charge is 0.0654 e. The molecule has 0 atom stereocenters. The van der Waals surface area contributed by atoms with Gasteiger partial charge in [-0.2, -0.15) is 0 Å². The molecule has 0 radical (unpaired) electrons. The van der Waals surface area contributed by atoms with Crippen molar-refractivity contribution < 1.29 is 0 Å². The van der Waals surface area contributed by atoms with Crippen LogP contribution in [-0.2, 0) is 11.8 Å². The Hall–Kier alpha value is -0.780. The summed E-state index contributed by atoms with van der Waals surface area (Å²) in [4.78, 5) is 0. The normalized spacial score (nSPS) is 11.8. The van der Waals surface area contributed by atoms with E-state index in [9.17, 15) is 0 Å². The van der Waals surface area contributed by atoms with E-state index >= 15 is 0 Å². The van der Waals surface area contributed by atoms with Gasteiger partial charge in [0.2, 0.25) is 0 Å². The fourth-order valence-electron chi connectivity index (χ4n) is 2.28. The lowest BCUT2D eigenvalue weighted by molar-refractivity contribution is 0.589. The second kappa shape index (κ2) is 7.61. The molecule has 0 aromatic heterocycles. The minimum atomic E-state index is 0.276. The first-order chi connectivity index (χ1) is 8.54. The van der Waals surface area contributed by atoms with Gasteiger partial charge in [0.1, 0.15) is 0 Å². The second-order valence-corrected chi connectivity index (χ2v) is 6.46. The average Bonchev–Trinajstić information content (AvgIpc) is 2.33. The lowest BCUT2D eigenvalue weighted by atomic mass is 9.86. The summed E-state index contributed by atoms with van der Waals surface area (Å²) in [5.41, 5.74) is 3.21. The summed E-state index contributed by atoms with van der Waals surface area (Å²) < 4.78 is 0. The Labute approximate surface area is 114 Å². The first-order valence-corrected chi connectivity index (χ1v) is 7.63. The number of hydrogen-bond donors (Lipinski definition) is 0. The van der Waals surface area contributed by atoms with Gasteiger partial charge in [0, 0.05) is 0 Å². The lowest BCUT2D eigenvalue weighted by Crippen LogP contribution is -2.10. The van der Waals surface area contributed by atoms with Gasteiger partial charge < -0.3 is 0 Å². The minimum Gasteiger partial charge on any atom is -0.0654 e. The maximum Gasteiger partial charge on any atom is -0.0132 e. The Morgan fingerprint density at radius 2 is 1.33 bits per heavy atom.